The van der Waals surface area contributed by atoms with Gasteiger partial charge >= 0.3 is 0 Å². The molecule has 0 radical (unpaired) electrons. The van der Waals surface area contributed by atoms with Crippen LogP contribution in [0, 0.1) is 0 Å². The Hall–Kier alpha value is -2.04. The predicted molar refractivity (Wildman–Crippen MR) is 81.0 cm³/mol. The third kappa shape index (κ3) is 5.10. The average Bonchev–Trinajstić information content (AvgIpc) is 2.93. The molecule has 21 heavy (non-hydrogen) atoms. The Balaban J connectivity index is 1.89. The SMILES string of the molecule is NC(=O)CCCC(=O)Nc1ccccc1OC1CCCC1. The highest BCUT2D eigenvalue weighted by Gasteiger charge is 2.18. The van der Waals surface area contributed by atoms with Gasteiger partial charge in [0, 0.05) is 12.8 Å². The van der Waals surface area contributed by atoms with Crippen molar-refractivity contribution in [1.29, 1.82) is 0 Å². The highest BCUT2D eigenvalue weighted by atomic mass is 16.5. The van der Waals surface area contributed by atoms with Gasteiger partial charge in [-0.25, -0.2) is 0 Å². The van der Waals surface area contributed by atoms with E-state index in [2.05, 4.69) is 5.32 Å². The lowest BCUT2D eigenvalue weighted by Gasteiger charge is -2.16. The van der Waals surface area contributed by atoms with Crippen molar-refractivity contribution in [3.63, 3.8) is 0 Å². The van der Waals surface area contributed by atoms with Crippen LogP contribution in [0.2, 0.25) is 0 Å². The lowest BCUT2D eigenvalue weighted by atomic mass is 10.2. The van der Waals surface area contributed by atoms with E-state index in [1.165, 1.54) is 12.8 Å². The van der Waals surface area contributed by atoms with E-state index >= 15 is 0 Å². The van der Waals surface area contributed by atoms with Gasteiger partial charge in [0.05, 0.1) is 11.8 Å². The molecule has 1 aromatic carbocycles. The van der Waals surface area contributed by atoms with E-state index in [1.54, 1.807) is 0 Å². The zero-order valence-corrected chi connectivity index (χ0v) is 12.1. The molecule has 1 saturated carbocycles. The number of nitrogens with two attached hydrogens (primary N) is 1. The summed E-state index contributed by atoms with van der Waals surface area (Å²) in [5.74, 6) is 0.208. The number of hydrogen-bond acceptors (Lipinski definition) is 3. The summed E-state index contributed by atoms with van der Waals surface area (Å²) in [5, 5.41) is 2.84. The minimum absolute atomic E-state index is 0.126. The summed E-state index contributed by atoms with van der Waals surface area (Å²) in [4.78, 5) is 22.5. The second-order valence-electron chi connectivity index (χ2n) is 5.39. The molecule has 0 heterocycles. The maximum absolute atomic E-state index is 11.9. The molecule has 0 bridgehead atoms. The molecule has 114 valence electrons. The fraction of sp³-hybridized carbons (Fsp3) is 0.500. The van der Waals surface area contributed by atoms with Gasteiger partial charge in [0.25, 0.3) is 0 Å². The standard InChI is InChI=1S/C16H22N2O3/c17-15(19)10-5-11-16(20)18-13-8-3-4-9-14(13)21-12-6-1-2-7-12/h3-4,8-9,12H,1-2,5-7,10-11H2,(H2,17,19)(H,18,20). The Morgan fingerprint density at radius 3 is 2.62 bits per heavy atom. The molecule has 1 fully saturated rings. The average molecular weight is 290 g/mol. The van der Waals surface area contributed by atoms with Crippen LogP contribution >= 0.6 is 0 Å². The molecule has 0 saturated heterocycles. The van der Waals surface area contributed by atoms with Gasteiger partial charge in [0.2, 0.25) is 11.8 Å². The van der Waals surface area contributed by atoms with Crippen LogP contribution in [0.5, 0.6) is 5.75 Å². The zero-order valence-electron chi connectivity index (χ0n) is 12.1. The molecular formula is C16H22N2O3. The molecule has 3 N–H and O–H groups in total. The van der Waals surface area contributed by atoms with Gasteiger partial charge in [-0.3, -0.25) is 9.59 Å². The molecule has 1 aliphatic carbocycles. The molecule has 2 rings (SSSR count). The van der Waals surface area contributed by atoms with E-state index in [4.69, 9.17) is 10.5 Å². The first-order valence-corrected chi connectivity index (χ1v) is 7.49. The Morgan fingerprint density at radius 2 is 1.90 bits per heavy atom. The maximum Gasteiger partial charge on any atom is 0.224 e. The van der Waals surface area contributed by atoms with Crippen molar-refractivity contribution in [1.82, 2.24) is 0 Å². The number of para-hydroxylation sites is 2. The summed E-state index contributed by atoms with van der Waals surface area (Å²) >= 11 is 0. The van der Waals surface area contributed by atoms with E-state index in [0.29, 0.717) is 17.9 Å². The molecule has 0 unspecified atom stereocenters. The molecule has 1 aliphatic rings. The molecule has 0 aliphatic heterocycles. The summed E-state index contributed by atoms with van der Waals surface area (Å²) in [5.41, 5.74) is 5.74. The van der Waals surface area contributed by atoms with E-state index < -0.39 is 0 Å². The molecule has 5 heteroatoms. The fourth-order valence-corrected chi connectivity index (χ4v) is 2.49. The van der Waals surface area contributed by atoms with Crippen LogP contribution in [-0.4, -0.2) is 17.9 Å². The fourth-order valence-electron chi connectivity index (χ4n) is 2.49. The van der Waals surface area contributed by atoms with Crippen molar-refractivity contribution in [3.05, 3.63) is 24.3 Å². The van der Waals surface area contributed by atoms with Crippen LogP contribution in [0.25, 0.3) is 0 Å². The lowest BCUT2D eigenvalue weighted by Crippen LogP contribution is -2.16. The lowest BCUT2D eigenvalue weighted by molar-refractivity contribution is -0.118. The Kier molecular flexibility index (Phi) is 5.60. The van der Waals surface area contributed by atoms with E-state index in [1.807, 2.05) is 24.3 Å². The molecule has 0 spiro atoms. The van der Waals surface area contributed by atoms with Gasteiger partial charge < -0.3 is 15.8 Å². The number of carbonyl (C=O) groups is 2. The van der Waals surface area contributed by atoms with Crippen molar-refractivity contribution >= 4 is 17.5 Å². The topological polar surface area (TPSA) is 81.4 Å². The van der Waals surface area contributed by atoms with Crippen LogP contribution in [0.3, 0.4) is 0 Å². The number of ether oxygens (including phenoxy) is 1. The number of nitrogens with one attached hydrogen (secondary N) is 1. The first kappa shape index (κ1) is 15.4. The number of benzene rings is 1. The van der Waals surface area contributed by atoms with Gasteiger partial charge in [-0.15, -0.1) is 0 Å². The Labute approximate surface area is 124 Å². The van der Waals surface area contributed by atoms with Crippen molar-refractivity contribution in [2.45, 2.75) is 51.0 Å². The number of carbonyl (C=O) groups excluding carboxylic acids is 2. The third-order valence-electron chi connectivity index (χ3n) is 3.58. The van der Waals surface area contributed by atoms with Gasteiger partial charge in [-0.2, -0.15) is 0 Å². The number of hydrogen-bond donors (Lipinski definition) is 2. The third-order valence-corrected chi connectivity index (χ3v) is 3.58. The van der Waals surface area contributed by atoms with Gasteiger partial charge in [-0.1, -0.05) is 12.1 Å². The molecule has 2 amide bonds. The van der Waals surface area contributed by atoms with Crippen molar-refractivity contribution < 1.29 is 14.3 Å². The largest absolute Gasteiger partial charge is 0.488 e. The van der Waals surface area contributed by atoms with Crippen LogP contribution in [0.4, 0.5) is 5.69 Å². The second kappa shape index (κ2) is 7.67. The smallest absolute Gasteiger partial charge is 0.224 e. The van der Waals surface area contributed by atoms with Crippen molar-refractivity contribution in [3.8, 4) is 5.75 Å². The first-order chi connectivity index (χ1) is 10.1. The minimum atomic E-state index is -0.382. The number of rotatable bonds is 7. The highest BCUT2D eigenvalue weighted by molar-refractivity contribution is 5.92. The van der Waals surface area contributed by atoms with E-state index in [0.717, 1.165) is 12.8 Å². The molecular weight excluding hydrogens is 268 g/mol. The van der Waals surface area contributed by atoms with Crippen molar-refractivity contribution in [2.24, 2.45) is 5.73 Å². The summed E-state index contributed by atoms with van der Waals surface area (Å²) < 4.78 is 5.96. The van der Waals surface area contributed by atoms with E-state index in [9.17, 15) is 9.59 Å². The maximum atomic E-state index is 11.9. The Bertz CT molecular complexity index is 496. The van der Waals surface area contributed by atoms with Crippen LogP contribution in [-0.2, 0) is 9.59 Å². The van der Waals surface area contributed by atoms with Gasteiger partial charge in [0.15, 0.2) is 0 Å². The summed E-state index contributed by atoms with van der Waals surface area (Å²) in [6.45, 7) is 0. The van der Waals surface area contributed by atoms with Crippen LogP contribution in [0.15, 0.2) is 24.3 Å². The normalized spacial score (nSPS) is 14.9. The minimum Gasteiger partial charge on any atom is -0.488 e. The highest BCUT2D eigenvalue weighted by Crippen LogP contribution is 2.29. The monoisotopic (exact) mass is 290 g/mol. The number of anilines is 1. The summed E-state index contributed by atoms with van der Waals surface area (Å²) in [6, 6.07) is 7.46. The molecule has 0 aromatic heterocycles. The molecule has 1 aromatic rings. The zero-order chi connectivity index (χ0) is 15.1. The van der Waals surface area contributed by atoms with Gasteiger partial charge in [0.1, 0.15) is 5.75 Å². The molecule has 5 nitrogen and oxygen atoms in total. The second-order valence-corrected chi connectivity index (χ2v) is 5.39. The summed E-state index contributed by atoms with van der Waals surface area (Å²) in [6.07, 6.45) is 5.76. The Morgan fingerprint density at radius 1 is 1.19 bits per heavy atom. The van der Waals surface area contributed by atoms with Crippen molar-refractivity contribution in [2.75, 3.05) is 5.32 Å². The van der Waals surface area contributed by atoms with Crippen LogP contribution < -0.4 is 15.8 Å². The quantitative estimate of drug-likeness (QED) is 0.810. The predicted octanol–water partition coefficient (Wildman–Crippen LogP) is 2.60. The first-order valence-electron chi connectivity index (χ1n) is 7.49. The number of primary amides is 1. The summed E-state index contributed by atoms with van der Waals surface area (Å²) in [7, 11) is 0. The van der Waals surface area contributed by atoms with Crippen LogP contribution in [0.1, 0.15) is 44.9 Å². The molecule has 0 atom stereocenters. The number of amides is 2. The van der Waals surface area contributed by atoms with E-state index in [-0.39, 0.29) is 30.8 Å². The van der Waals surface area contributed by atoms with Gasteiger partial charge in [-0.05, 0) is 44.2 Å².